The van der Waals surface area contributed by atoms with Gasteiger partial charge in [-0.2, -0.15) is 0 Å². The Hall–Kier alpha value is -2.28. The number of benzene rings is 1. The first-order chi connectivity index (χ1) is 11.2. The number of tetrazole rings is 1. The van der Waals surface area contributed by atoms with Gasteiger partial charge in [0.1, 0.15) is 12.9 Å². The number of nitrogens with zero attached hydrogens (tertiary/aromatic N) is 6. The molecule has 1 fully saturated rings. The van der Waals surface area contributed by atoms with Gasteiger partial charge in [-0.3, -0.25) is 9.69 Å². The van der Waals surface area contributed by atoms with Crippen molar-refractivity contribution in [2.75, 3.05) is 20.1 Å². The Balaban J connectivity index is 1.56. The molecule has 3 rings (SSSR count). The minimum Gasteiger partial charge on any atom is -0.340 e. The average Bonchev–Trinajstić information content (AvgIpc) is 3.09. The third-order valence-corrected chi connectivity index (χ3v) is 4.34. The predicted molar refractivity (Wildman–Crippen MR) is 85.3 cm³/mol. The SMILES string of the molecule is CN(Cc1ccccc1)C1CCCN(C(=O)Cn2cnnn2)C1. The first-order valence-electron chi connectivity index (χ1n) is 7.95. The lowest BCUT2D eigenvalue weighted by atomic mass is 10.0. The quantitative estimate of drug-likeness (QED) is 0.816. The zero-order valence-corrected chi connectivity index (χ0v) is 13.4. The lowest BCUT2D eigenvalue weighted by molar-refractivity contribution is -0.134. The third kappa shape index (κ3) is 4.13. The van der Waals surface area contributed by atoms with E-state index in [1.807, 2.05) is 11.0 Å². The van der Waals surface area contributed by atoms with Crippen LogP contribution in [0.4, 0.5) is 0 Å². The van der Waals surface area contributed by atoms with E-state index < -0.39 is 0 Å². The number of carbonyl (C=O) groups is 1. The van der Waals surface area contributed by atoms with Gasteiger partial charge in [-0.25, -0.2) is 4.68 Å². The first kappa shape index (κ1) is 15.6. The molecular formula is C16H22N6O. The molecule has 1 aliphatic rings. The van der Waals surface area contributed by atoms with Crippen LogP contribution in [-0.4, -0.2) is 62.1 Å². The van der Waals surface area contributed by atoms with Crippen LogP contribution in [0.5, 0.6) is 0 Å². The molecule has 1 aromatic carbocycles. The minimum absolute atomic E-state index is 0.0788. The van der Waals surface area contributed by atoms with E-state index in [0.717, 1.165) is 32.5 Å². The second kappa shape index (κ2) is 7.32. The summed E-state index contributed by atoms with van der Waals surface area (Å²) < 4.78 is 1.47. The van der Waals surface area contributed by atoms with Gasteiger partial charge in [0.2, 0.25) is 5.91 Å². The van der Waals surface area contributed by atoms with Crippen LogP contribution in [0.3, 0.4) is 0 Å². The summed E-state index contributed by atoms with van der Waals surface area (Å²) in [4.78, 5) is 16.6. The highest BCUT2D eigenvalue weighted by Crippen LogP contribution is 2.17. The van der Waals surface area contributed by atoms with Crippen LogP contribution in [0.15, 0.2) is 36.7 Å². The van der Waals surface area contributed by atoms with Gasteiger partial charge in [0.15, 0.2) is 0 Å². The fourth-order valence-corrected chi connectivity index (χ4v) is 3.03. The summed E-state index contributed by atoms with van der Waals surface area (Å²) >= 11 is 0. The van der Waals surface area contributed by atoms with Gasteiger partial charge < -0.3 is 4.90 Å². The molecule has 1 amide bonds. The molecule has 122 valence electrons. The highest BCUT2D eigenvalue weighted by Gasteiger charge is 2.26. The molecule has 2 aromatic rings. The van der Waals surface area contributed by atoms with Crippen molar-refractivity contribution < 1.29 is 4.79 Å². The van der Waals surface area contributed by atoms with Gasteiger partial charge in [-0.15, -0.1) is 5.10 Å². The summed E-state index contributed by atoms with van der Waals surface area (Å²) in [6, 6.07) is 10.8. The molecule has 1 unspecified atom stereocenters. The number of likely N-dealkylation sites (tertiary alicyclic amines) is 1. The van der Waals surface area contributed by atoms with E-state index in [0.29, 0.717) is 6.04 Å². The van der Waals surface area contributed by atoms with Crippen LogP contribution in [-0.2, 0) is 17.9 Å². The van der Waals surface area contributed by atoms with E-state index in [1.54, 1.807) is 0 Å². The van der Waals surface area contributed by atoms with Gasteiger partial charge in [0.05, 0.1) is 0 Å². The van der Waals surface area contributed by atoms with Crippen molar-refractivity contribution in [1.82, 2.24) is 30.0 Å². The van der Waals surface area contributed by atoms with E-state index >= 15 is 0 Å². The molecule has 0 saturated carbocycles. The Morgan fingerprint density at radius 1 is 1.35 bits per heavy atom. The maximum Gasteiger partial charge on any atom is 0.244 e. The molecule has 0 spiro atoms. The Labute approximate surface area is 135 Å². The fraction of sp³-hybridized carbons (Fsp3) is 0.500. The highest BCUT2D eigenvalue weighted by atomic mass is 16.2. The maximum absolute atomic E-state index is 12.4. The number of likely N-dealkylation sites (N-methyl/N-ethyl adjacent to an activating group) is 1. The van der Waals surface area contributed by atoms with Crippen LogP contribution >= 0.6 is 0 Å². The minimum atomic E-state index is 0.0788. The molecule has 0 aliphatic carbocycles. The molecule has 0 bridgehead atoms. The van der Waals surface area contributed by atoms with Crippen molar-refractivity contribution in [2.24, 2.45) is 0 Å². The van der Waals surface area contributed by atoms with Crippen LogP contribution in [0.2, 0.25) is 0 Å². The Bertz CT molecular complexity index is 615. The van der Waals surface area contributed by atoms with Gasteiger partial charge >= 0.3 is 0 Å². The number of amides is 1. The summed E-state index contributed by atoms with van der Waals surface area (Å²) in [5.41, 5.74) is 1.30. The second-order valence-corrected chi connectivity index (χ2v) is 6.04. The summed E-state index contributed by atoms with van der Waals surface area (Å²) in [5.74, 6) is 0.0788. The number of hydrogen-bond donors (Lipinski definition) is 0. The summed E-state index contributed by atoms with van der Waals surface area (Å²) in [5, 5.41) is 10.9. The average molecular weight is 314 g/mol. The zero-order valence-electron chi connectivity index (χ0n) is 13.4. The van der Waals surface area contributed by atoms with Crippen molar-refractivity contribution in [3.8, 4) is 0 Å². The van der Waals surface area contributed by atoms with E-state index in [-0.39, 0.29) is 12.5 Å². The molecule has 1 saturated heterocycles. The molecule has 1 aliphatic heterocycles. The first-order valence-corrected chi connectivity index (χ1v) is 7.95. The predicted octanol–water partition coefficient (Wildman–Crippen LogP) is 0.796. The fourth-order valence-electron chi connectivity index (χ4n) is 3.03. The molecule has 0 radical (unpaired) electrons. The zero-order chi connectivity index (χ0) is 16.1. The van der Waals surface area contributed by atoms with E-state index in [1.165, 1.54) is 16.6 Å². The number of rotatable bonds is 5. The largest absolute Gasteiger partial charge is 0.340 e. The molecule has 7 heteroatoms. The van der Waals surface area contributed by atoms with Crippen LogP contribution in [0.25, 0.3) is 0 Å². The Morgan fingerprint density at radius 2 is 2.17 bits per heavy atom. The molecule has 1 atom stereocenters. The topological polar surface area (TPSA) is 67.2 Å². The number of hydrogen-bond acceptors (Lipinski definition) is 5. The highest BCUT2D eigenvalue weighted by molar-refractivity contribution is 5.76. The molecule has 1 aromatic heterocycles. The summed E-state index contributed by atoms with van der Waals surface area (Å²) in [6.45, 7) is 2.70. The molecule has 0 N–H and O–H groups in total. The van der Waals surface area contributed by atoms with Crippen LogP contribution in [0, 0.1) is 0 Å². The molecule has 2 heterocycles. The second-order valence-electron chi connectivity index (χ2n) is 6.04. The third-order valence-electron chi connectivity index (χ3n) is 4.34. The van der Waals surface area contributed by atoms with Gasteiger partial charge in [0.25, 0.3) is 0 Å². The Kier molecular flexibility index (Phi) is 4.97. The van der Waals surface area contributed by atoms with Gasteiger partial charge in [-0.05, 0) is 35.9 Å². The lowest BCUT2D eigenvalue weighted by Gasteiger charge is -2.37. The number of piperidine rings is 1. The standard InChI is InChI=1S/C16H22N6O/c1-20(10-14-6-3-2-4-7-14)15-8-5-9-21(11-15)16(23)12-22-13-17-18-19-22/h2-4,6-7,13,15H,5,8-12H2,1H3. The van der Waals surface area contributed by atoms with E-state index in [2.05, 4.69) is 51.7 Å². The molecule has 7 nitrogen and oxygen atoms in total. The number of aromatic nitrogens is 4. The van der Waals surface area contributed by atoms with E-state index in [9.17, 15) is 4.79 Å². The number of carbonyl (C=O) groups excluding carboxylic acids is 1. The van der Waals surface area contributed by atoms with Crippen molar-refractivity contribution in [3.63, 3.8) is 0 Å². The lowest BCUT2D eigenvalue weighted by Crippen LogP contribution is -2.49. The monoisotopic (exact) mass is 314 g/mol. The molecule has 23 heavy (non-hydrogen) atoms. The Morgan fingerprint density at radius 3 is 2.91 bits per heavy atom. The van der Waals surface area contributed by atoms with Gasteiger partial charge in [0, 0.05) is 25.7 Å². The molecular weight excluding hydrogens is 292 g/mol. The van der Waals surface area contributed by atoms with Gasteiger partial charge in [-0.1, -0.05) is 30.3 Å². The van der Waals surface area contributed by atoms with Crippen molar-refractivity contribution >= 4 is 5.91 Å². The van der Waals surface area contributed by atoms with Crippen molar-refractivity contribution in [3.05, 3.63) is 42.2 Å². The van der Waals surface area contributed by atoms with Crippen molar-refractivity contribution in [1.29, 1.82) is 0 Å². The maximum atomic E-state index is 12.4. The summed E-state index contributed by atoms with van der Waals surface area (Å²) in [6.07, 6.45) is 3.63. The smallest absolute Gasteiger partial charge is 0.244 e. The van der Waals surface area contributed by atoms with Crippen molar-refractivity contribution in [2.45, 2.75) is 32.0 Å². The van der Waals surface area contributed by atoms with Crippen LogP contribution < -0.4 is 0 Å². The normalized spacial score (nSPS) is 18.3. The summed E-state index contributed by atoms with van der Waals surface area (Å²) in [7, 11) is 2.13. The van der Waals surface area contributed by atoms with Crippen LogP contribution in [0.1, 0.15) is 18.4 Å². The van der Waals surface area contributed by atoms with E-state index in [4.69, 9.17) is 0 Å².